The molecule has 0 aliphatic rings. The van der Waals surface area contributed by atoms with Crippen LogP contribution in [-0.4, -0.2) is 9.85 Å². The molecule has 3 aromatic rings. The van der Waals surface area contributed by atoms with E-state index in [0.29, 0.717) is 17.9 Å². The number of nitrogens with two attached hydrogens (primary N) is 1. The average molecular weight is 399 g/mol. The van der Waals surface area contributed by atoms with Crippen LogP contribution in [0.3, 0.4) is 0 Å². The van der Waals surface area contributed by atoms with Gasteiger partial charge in [0.25, 0.3) is 11.4 Å². The number of nitro groups is 2. The van der Waals surface area contributed by atoms with Gasteiger partial charge in [-0.05, 0) is 35.9 Å². The normalized spacial score (nSPS) is 10.5. The maximum Gasteiger partial charge on any atom is 0.300 e. The highest BCUT2D eigenvalue weighted by molar-refractivity contribution is 6.33. The van der Waals surface area contributed by atoms with Gasteiger partial charge in [0, 0.05) is 17.9 Å². The summed E-state index contributed by atoms with van der Waals surface area (Å²) in [7, 11) is 0. The predicted octanol–water partition coefficient (Wildman–Crippen LogP) is 5.08. The van der Waals surface area contributed by atoms with Gasteiger partial charge in [-0.1, -0.05) is 41.9 Å². The lowest BCUT2D eigenvalue weighted by atomic mass is 10.1. The van der Waals surface area contributed by atoms with Crippen molar-refractivity contribution < 1.29 is 9.85 Å². The molecule has 0 fully saturated rings. The number of rotatable bonds is 6. The Kier molecular flexibility index (Phi) is 5.53. The zero-order valence-electron chi connectivity index (χ0n) is 14.5. The van der Waals surface area contributed by atoms with Gasteiger partial charge in [0.1, 0.15) is 10.7 Å². The second-order valence-electron chi connectivity index (χ2n) is 5.85. The van der Waals surface area contributed by atoms with Crippen molar-refractivity contribution in [2.75, 3.05) is 4.90 Å². The second-order valence-corrected chi connectivity index (χ2v) is 6.26. The Morgan fingerprint density at radius 3 is 1.96 bits per heavy atom. The molecule has 0 unspecified atom stereocenters. The van der Waals surface area contributed by atoms with E-state index in [9.17, 15) is 20.2 Å². The van der Waals surface area contributed by atoms with Gasteiger partial charge in [-0.2, -0.15) is 0 Å². The molecule has 0 amide bonds. The number of nitro benzene ring substituents is 2. The lowest BCUT2D eigenvalue weighted by Crippen LogP contribution is -2.12. The van der Waals surface area contributed by atoms with Crippen molar-refractivity contribution >= 4 is 40.0 Å². The van der Waals surface area contributed by atoms with E-state index in [0.717, 1.165) is 11.6 Å². The van der Waals surface area contributed by atoms with Crippen molar-refractivity contribution in [1.82, 2.24) is 0 Å². The first-order chi connectivity index (χ1) is 13.4. The van der Waals surface area contributed by atoms with E-state index >= 15 is 0 Å². The lowest BCUT2D eigenvalue weighted by molar-refractivity contribution is -0.393. The molecule has 0 aromatic heterocycles. The van der Waals surface area contributed by atoms with Crippen molar-refractivity contribution in [3.8, 4) is 0 Å². The first-order valence-electron chi connectivity index (χ1n) is 8.19. The third-order valence-electron chi connectivity index (χ3n) is 4.12. The Morgan fingerprint density at radius 2 is 1.43 bits per heavy atom. The molecule has 3 aromatic carbocycles. The maximum atomic E-state index is 11.7. The minimum atomic E-state index is -0.748. The molecule has 0 saturated heterocycles. The Balaban J connectivity index is 2.27. The van der Waals surface area contributed by atoms with E-state index < -0.39 is 21.2 Å². The largest absolute Gasteiger partial charge is 0.326 e. The van der Waals surface area contributed by atoms with Gasteiger partial charge < -0.3 is 10.6 Å². The first kappa shape index (κ1) is 19.3. The molecule has 0 aliphatic carbocycles. The summed E-state index contributed by atoms with van der Waals surface area (Å²) in [6.45, 7) is 0.356. The molecule has 8 nitrogen and oxygen atoms in total. The number of hydrogen-bond acceptors (Lipinski definition) is 6. The molecule has 2 N–H and O–H groups in total. The summed E-state index contributed by atoms with van der Waals surface area (Å²) in [4.78, 5) is 23.0. The predicted molar refractivity (Wildman–Crippen MR) is 107 cm³/mol. The summed E-state index contributed by atoms with van der Waals surface area (Å²) in [5.41, 5.74) is 6.96. The van der Waals surface area contributed by atoms with Crippen molar-refractivity contribution in [3.05, 3.63) is 97.5 Å². The maximum absolute atomic E-state index is 11.7. The van der Waals surface area contributed by atoms with Gasteiger partial charge in [0.2, 0.25) is 0 Å². The molecule has 0 radical (unpaired) electrons. The van der Waals surface area contributed by atoms with Gasteiger partial charge in [0.15, 0.2) is 0 Å². The minimum Gasteiger partial charge on any atom is -0.326 e. The third-order valence-corrected chi connectivity index (χ3v) is 4.43. The van der Waals surface area contributed by atoms with Gasteiger partial charge in [0.05, 0.1) is 15.9 Å². The smallest absolute Gasteiger partial charge is 0.300 e. The molecule has 0 heterocycles. The Bertz CT molecular complexity index is 1030. The minimum absolute atomic E-state index is 0.118. The number of nitrogens with zero attached hydrogens (tertiary/aromatic N) is 3. The monoisotopic (exact) mass is 398 g/mol. The van der Waals surface area contributed by atoms with Crippen LogP contribution in [0.4, 0.5) is 28.4 Å². The molecular weight excluding hydrogens is 384 g/mol. The number of halogens is 1. The molecular formula is C19H15ClN4O4. The van der Waals surface area contributed by atoms with Crippen LogP contribution in [0, 0.1) is 20.2 Å². The van der Waals surface area contributed by atoms with Crippen LogP contribution in [0.15, 0.2) is 66.7 Å². The zero-order chi connectivity index (χ0) is 20.3. The van der Waals surface area contributed by atoms with Crippen molar-refractivity contribution in [2.24, 2.45) is 5.73 Å². The van der Waals surface area contributed by atoms with Crippen LogP contribution in [0.1, 0.15) is 5.56 Å². The van der Waals surface area contributed by atoms with E-state index in [1.165, 1.54) is 6.07 Å². The SMILES string of the molecule is NCc1ccc(N(c2ccccc2)c2cc(Cl)c([N+](=O)[O-])cc2[N+](=O)[O-])cc1. The quantitative estimate of drug-likeness (QED) is 0.457. The standard InChI is InChI=1S/C19H15ClN4O4/c20-16-10-18(19(24(27)28)11-17(16)23(25)26)22(14-4-2-1-3-5-14)15-8-6-13(12-21)7-9-15/h1-11H,12,21H2. The fourth-order valence-electron chi connectivity index (χ4n) is 2.79. The number of benzene rings is 3. The molecule has 0 spiro atoms. The number of hydrogen-bond donors (Lipinski definition) is 1. The van der Waals surface area contributed by atoms with Crippen LogP contribution in [0.2, 0.25) is 5.02 Å². The molecule has 0 aliphatic heterocycles. The Hall–Kier alpha value is -3.49. The van der Waals surface area contributed by atoms with E-state index in [-0.39, 0.29) is 10.7 Å². The Labute approximate surface area is 165 Å². The van der Waals surface area contributed by atoms with Gasteiger partial charge in [-0.3, -0.25) is 20.2 Å². The molecule has 0 atom stereocenters. The third kappa shape index (κ3) is 3.78. The topological polar surface area (TPSA) is 116 Å². The summed E-state index contributed by atoms with van der Waals surface area (Å²) in [5.74, 6) is 0. The zero-order valence-corrected chi connectivity index (χ0v) is 15.2. The molecule has 9 heteroatoms. The average Bonchev–Trinajstić information content (AvgIpc) is 2.69. The van der Waals surface area contributed by atoms with E-state index in [4.69, 9.17) is 17.3 Å². The van der Waals surface area contributed by atoms with Gasteiger partial charge in [-0.25, -0.2) is 0 Å². The fraction of sp³-hybridized carbons (Fsp3) is 0.0526. The molecule has 0 bridgehead atoms. The van der Waals surface area contributed by atoms with Gasteiger partial charge in [-0.15, -0.1) is 0 Å². The highest BCUT2D eigenvalue weighted by atomic mass is 35.5. The summed E-state index contributed by atoms with van der Waals surface area (Å²) in [6, 6.07) is 18.2. The lowest BCUT2D eigenvalue weighted by Gasteiger charge is -2.25. The second kappa shape index (κ2) is 8.03. The van der Waals surface area contributed by atoms with E-state index in [1.807, 2.05) is 18.2 Å². The van der Waals surface area contributed by atoms with Crippen molar-refractivity contribution in [1.29, 1.82) is 0 Å². The summed E-state index contributed by atoms with van der Waals surface area (Å²) in [6.07, 6.45) is 0. The van der Waals surface area contributed by atoms with Crippen LogP contribution in [-0.2, 0) is 6.54 Å². The van der Waals surface area contributed by atoms with Crippen LogP contribution in [0.5, 0.6) is 0 Å². The fourth-order valence-corrected chi connectivity index (χ4v) is 3.02. The summed E-state index contributed by atoms with van der Waals surface area (Å²) >= 11 is 6.06. The summed E-state index contributed by atoms with van der Waals surface area (Å²) < 4.78 is 0. The Morgan fingerprint density at radius 1 is 0.857 bits per heavy atom. The van der Waals surface area contributed by atoms with Crippen LogP contribution < -0.4 is 10.6 Å². The van der Waals surface area contributed by atoms with Crippen LogP contribution in [0.25, 0.3) is 0 Å². The summed E-state index contributed by atoms with van der Waals surface area (Å²) in [5, 5.41) is 22.6. The molecule has 0 saturated carbocycles. The van der Waals surface area contributed by atoms with Crippen molar-refractivity contribution in [2.45, 2.75) is 6.54 Å². The molecule has 3 rings (SSSR count). The number of para-hydroxylation sites is 1. The highest BCUT2D eigenvalue weighted by Gasteiger charge is 2.28. The highest BCUT2D eigenvalue weighted by Crippen LogP contribution is 2.44. The van der Waals surface area contributed by atoms with Crippen LogP contribution >= 0.6 is 11.6 Å². The number of anilines is 3. The van der Waals surface area contributed by atoms with E-state index in [2.05, 4.69) is 0 Å². The van der Waals surface area contributed by atoms with Gasteiger partial charge >= 0.3 is 0 Å². The van der Waals surface area contributed by atoms with E-state index in [1.54, 1.807) is 41.3 Å². The first-order valence-corrected chi connectivity index (χ1v) is 8.56. The van der Waals surface area contributed by atoms with Crippen molar-refractivity contribution in [3.63, 3.8) is 0 Å². The molecule has 142 valence electrons. The molecule has 28 heavy (non-hydrogen) atoms.